The van der Waals surface area contributed by atoms with E-state index in [1.54, 1.807) is 0 Å². The lowest BCUT2D eigenvalue weighted by molar-refractivity contribution is -0.0148. The summed E-state index contributed by atoms with van der Waals surface area (Å²) in [7, 11) is 0. The Morgan fingerprint density at radius 1 is 1.21 bits per heavy atom. The highest BCUT2D eigenvalue weighted by atomic mass is 16.3. The van der Waals surface area contributed by atoms with Gasteiger partial charge in [-0.05, 0) is 43.1 Å². The first-order valence-electron chi connectivity index (χ1n) is 7.52. The maximum Gasteiger partial charge on any atom is 0.0858 e. The first-order valence-corrected chi connectivity index (χ1v) is 7.52. The standard InChI is InChI=1S/C17H27NO/c1-13(2)14-8-10-17(12-18,11-9-14)16(19)15-6-4-3-5-7-15/h3-7,13-14,16,19H,8-12,18H2,1-2H3. The summed E-state index contributed by atoms with van der Waals surface area (Å²) < 4.78 is 0. The third-order valence-corrected chi connectivity index (χ3v) is 5.07. The van der Waals surface area contributed by atoms with Crippen molar-refractivity contribution in [1.29, 1.82) is 0 Å². The van der Waals surface area contributed by atoms with E-state index < -0.39 is 6.10 Å². The number of aliphatic hydroxyl groups is 1. The lowest BCUT2D eigenvalue weighted by Crippen LogP contribution is -2.40. The van der Waals surface area contributed by atoms with Gasteiger partial charge in [-0.3, -0.25) is 0 Å². The summed E-state index contributed by atoms with van der Waals surface area (Å²) in [5.41, 5.74) is 6.93. The number of hydrogen-bond acceptors (Lipinski definition) is 2. The molecule has 19 heavy (non-hydrogen) atoms. The fourth-order valence-electron chi connectivity index (χ4n) is 3.46. The van der Waals surface area contributed by atoms with Crippen LogP contribution in [0, 0.1) is 17.3 Å². The van der Waals surface area contributed by atoms with Gasteiger partial charge in [-0.25, -0.2) is 0 Å². The Hall–Kier alpha value is -0.860. The lowest BCUT2D eigenvalue weighted by atomic mass is 9.64. The second-order valence-electron chi connectivity index (χ2n) is 6.46. The van der Waals surface area contributed by atoms with Gasteiger partial charge >= 0.3 is 0 Å². The molecule has 0 aliphatic heterocycles. The monoisotopic (exact) mass is 261 g/mol. The molecule has 1 aromatic rings. The van der Waals surface area contributed by atoms with Gasteiger partial charge in [-0.15, -0.1) is 0 Å². The van der Waals surface area contributed by atoms with Crippen LogP contribution in [0.15, 0.2) is 30.3 Å². The van der Waals surface area contributed by atoms with E-state index in [0.717, 1.165) is 30.2 Å². The number of rotatable bonds is 4. The van der Waals surface area contributed by atoms with Gasteiger partial charge in [-0.2, -0.15) is 0 Å². The largest absolute Gasteiger partial charge is 0.388 e. The van der Waals surface area contributed by atoms with E-state index in [1.165, 1.54) is 12.8 Å². The van der Waals surface area contributed by atoms with Gasteiger partial charge < -0.3 is 10.8 Å². The van der Waals surface area contributed by atoms with Gasteiger partial charge in [0.05, 0.1) is 6.10 Å². The molecule has 0 spiro atoms. The molecule has 1 aromatic carbocycles. The van der Waals surface area contributed by atoms with Crippen molar-refractivity contribution >= 4 is 0 Å². The minimum Gasteiger partial charge on any atom is -0.388 e. The SMILES string of the molecule is CC(C)C1CCC(CN)(C(O)c2ccccc2)CC1. The molecule has 2 nitrogen and oxygen atoms in total. The summed E-state index contributed by atoms with van der Waals surface area (Å²) in [4.78, 5) is 0. The Morgan fingerprint density at radius 3 is 2.26 bits per heavy atom. The lowest BCUT2D eigenvalue weighted by Gasteiger charge is -2.44. The number of aliphatic hydroxyl groups excluding tert-OH is 1. The van der Waals surface area contributed by atoms with Crippen LogP contribution in [-0.2, 0) is 0 Å². The molecule has 0 aromatic heterocycles. The molecule has 2 rings (SSSR count). The molecule has 0 amide bonds. The fourth-order valence-corrected chi connectivity index (χ4v) is 3.46. The quantitative estimate of drug-likeness (QED) is 0.871. The Labute approximate surface area is 117 Å². The minimum absolute atomic E-state index is 0.118. The summed E-state index contributed by atoms with van der Waals surface area (Å²) >= 11 is 0. The van der Waals surface area contributed by atoms with Gasteiger partial charge in [0.1, 0.15) is 0 Å². The Kier molecular flexibility index (Phi) is 4.64. The van der Waals surface area contributed by atoms with Crippen molar-refractivity contribution in [1.82, 2.24) is 0 Å². The first kappa shape index (κ1) is 14.5. The molecule has 106 valence electrons. The Bertz CT molecular complexity index is 380. The zero-order chi connectivity index (χ0) is 13.9. The molecule has 3 N–H and O–H groups in total. The van der Waals surface area contributed by atoms with Gasteiger partial charge in [0.25, 0.3) is 0 Å². The molecular formula is C17H27NO. The maximum atomic E-state index is 10.7. The van der Waals surface area contributed by atoms with Crippen molar-refractivity contribution < 1.29 is 5.11 Å². The van der Waals surface area contributed by atoms with Crippen LogP contribution in [0.25, 0.3) is 0 Å². The van der Waals surface area contributed by atoms with Crippen LogP contribution in [0.5, 0.6) is 0 Å². The van der Waals surface area contributed by atoms with E-state index in [-0.39, 0.29) is 5.41 Å². The maximum absolute atomic E-state index is 10.7. The fraction of sp³-hybridized carbons (Fsp3) is 0.647. The Balaban J connectivity index is 2.12. The molecular weight excluding hydrogens is 234 g/mol. The summed E-state index contributed by atoms with van der Waals surface area (Å²) in [6.07, 6.45) is 4.05. The molecule has 1 atom stereocenters. The third kappa shape index (κ3) is 3.01. The van der Waals surface area contributed by atoms with Gasteiger partial charge in [-0.1, -0.05) is 44.2 Å². The highest BCUT2D eigenvalue weighted by Gasteiger charge is 2.41. The highest BCUT2D eigenvalue weighted by molar-refractivity contribution is 5.20. The topological polar surface area (TPSA) is 46.2 Å². The molecule has 1 unspecified atom stereocenters. The van der Waals surface area contributed by atoms with E-state index in [4.69, 9.17) is 5.73 Å². The molecule has 1 fully saturated rings. The second-order valence-corrected chi connectivity index (χ2v) is 6.46. The van der Waals surface area contributed by atoms with Gasteiger partial charge in [0.15, 0.2) is 0 Å². The van der Waals surface area contributed by atoms with Gasteiger partial charge in [0, 0.05) is 12.0 Å². The van der Waals surface area contributed by atoms with Crippen LogP contribution in [0.2, 0.25) is 0 Å². The predicted octanol–water partition coefficient (Wildman–Crippen LogP) is 3.51. The van der Waals surface area contributed by atoms with Crippen molar-refractivity contribution in [2.45, 2.75) is 45.6 Å². The van der Waals surface area contributed by atoms with Gasteiger partial charge in [0.2, 0.25) is 0 Å². The van der Waals surface area contributed by atoms with E-state index in [2.05, 4.69) is 13.8 Å². The molecule has 1 aliphatic rings. The highest BCUT2D eigenvalue weighted by Crippen LogP contribution is 2.48. The third-order valence-electron chi connectivity index (χ3n) is 5.07. The zero-order valence-electron chi connectivity index (χ0n) is 12.2. The van der Waals surface area contributed by atoms with Crippen molar-refractivity contribution in [3.05, 3.63) is 35.9 Å². The van der Waals surface area contributed by atoms with Crippen LogP contribution in [0.1, 0.15) is 51.2 Å². The average molecular weight is 261 g/mol. The molecule has 1 aliphatic carbocycles. The van der Waals surface area contributed by atoms with Crippen LogP contribution in [0.3, 0.4) is 0 Å². The van der Waals surface area contributed by atoms with Crippen molar-refractivity contribution in [2.24, 2.45) is 23.0 Å². The molecule has 0 bridgehead atoms. The first-order chi connectivity index (χ1) is 9.09. The second kappa shape index (κ2) is 6.06. The van der Waals surface area contributed by atoms with E-state index in [9.17, 15) is 5.11 Å². The summed E-state index contributed by atoms with van der Waals surface area (Å²) in [5.74, 6) is 1.53. The number of benzene rings is 1. The molecule has 2 heteroatoms. The van der Waals surface area contributed by atoms with Crippen LogP contribution in [-0.4, -0.2) is 11.7 Å². The summed E-state index contributed by atoms with van der Waals surface area (Å²) in [6, 6.07) is 9.99. The number of hydrogen-bond donors (Lipinski definition) is 2. The van der Waals surface area contributed by atoms with Crippen LogP contribution in [0.4, 0.5) is 0 Å². The normalized spacial score (nSPS) is 29.4. The molecule has 1 saturated carbocycles. The Morgan fingerprint density at radius 2 is 1.79 bits per heavy atom. The van der Waals surface area contributed by atoms with Crippen LogP contribution >= 0.6 is 0 Å². The smallest absolute Gasteiger partial charge is 0.0858 e. The molecule has 0 saturated heterocycles. The van der Waals surface area contributed by atoms with Crippen molar-refractivity contribution in [2.75, 3.05) is 6.54 Å². The van der Waals surface area contributed by atoms with E-state index >= 15 is 0 Å². The summed E-state index contributed by atoms with van der Waals surface area (Å²) in [5, 5.41) is 10.7. The predicted molar refractivity (Wildman–Crippen MR) is 79.7 cm³/mol. The summed E-state index contributed by atoms with van der Waals surface area (Å²) in [6.45, 7) is 5.18. The van der Waals surface area contributed by atoms with Crippen LogP contribution < -0.4 is 5.73 Å². The van der Waals surface area contributed by atoms with Crippen molar-refractivity contribution in [3.63, 3.8) is 0 Å². The molecule has 0 radical (unpaired) electrons. The minimum atomic E-state index is -0.424. The van der Waals surface area contributed by atoms with E-state index in [0.29, 0.717) is 6.54 Å². The molecule has 0 heterocycles. The zero-order valence-corrected chi connectivity index (χ0v) is 12.2. The van der Waals surface area contributed by atoms with E-state index in [1.807, 2.05) is 30.3 Å². The average Bonchev–Trinajstić information content (AvgIpc) is 2.47. The van der Waals surface area contributed by atoms with Crippen molar-refractivity contribution in [3.8, 4) is 0 Å². The number of nitrogens with two attached hydrogens (primary N) is 1.